The molecule has 0 aliphatic heterocycles. The van der Waals surface area contributed by atoms with Crippen LogP contribution in [0.2, 0.25) is 0 Å². The first-order valence-corrected chi connectivity index (χ1v) is 6.88. The molecule has 4 heteroatoms. The van der Waals surface area contributed by atoms with Gasteiger partial charge in [0.25, 0.3) is 0 Å². The summed E-state index contributed by atoms with van der Waals surface area (Å²) in [5.41, 5.74) is 1.66. The molecular weight excluding hydrogens is 287 g/mol. The van der Waals surface area contributed by atoms with Crippen molar-refractivity contribution < 1.29 is 13.2 Å². The third kappa shape index (κ3) is 4.07. The molecule has 0 radical (unpaired) electrons. The van der Waals surface area contributed by atoms with Gasteiger partial charge >= 0.3 is 6.18 Å². The largest absolute Gasteiger partial charge is 0.411 e. The molecule has 0 amide bonds. The molecule has 0 aliphatic rings. The van der Waals surface area contributed by atoms with E-state index in [9.17, 15) is 13.2 Å². The van der Waals surface area contributed by atoms with Gasteiger partial charge in [-0.15, -0.1) is 6.58 Å². The molecule has 0 aliphatic carbocycles. The first-order chi connectivity index (χ1) is 10.5. The molecule has 114 valence electrons. The van der Waals surface area contributed by atoms with Gasteiger partial charge in [0.05, 0.1) is 5.71 Å². The van der Waals surface area contributed by atoms with E-state index in [1.54, 1.807) is 48.5 Å². The maximum Gasteiger partial charge on any atom is 0.411 e. The summed E-state index contributed by atoms with van der Waals surface area (Å²) in [5, 5.41) is 0. The van der Waals surface area contributed by atoms with E-state index in [2.05, 4.69) is 11.6 Å². The Bertz CT molecular complexity index is 589. The van der Waals surface area contributed by atoms with E-state index in [1.807, 2.05) is 12.1 Å². The fraction of sp³-hybridized carbons (Fsp3) is 0.167. The normalized spacial score (nSPS) is 12.5. The van der Waals surface area contributed by atoms with Crippen LogP contribution in [0.3, 0.4) is 0 Å². The van der Waals surface area contributed by atoms with Crippen molar-refractivity contribution in [2.24, 2.45) is 4.99 Å². The average molecular weight is 303 g/mol. The number of hydrogen-bond acceptors (Lipinski definition) is 1. The molecule has 0 fully saturated rings. The number of aliphatic imine (C=N–C) groups is 1. The number of hydrogen-bond donors (Lipinski definition) is 0. The third-order valence-electron chi connectivity index (χ3n) is 3.15. The Labute approximate surface area is 127 Å². The molecule has 22 heavy (non-hydrogen) atoms. The number of alkyl halides is 3. The van der Waals surface area contributed by atoms with Crippen LogP contribution >= 0.6 is 0 Å². The minimum atomic E-state index is -4.40. The zero-order valence-corrected chi connectivity index (χ0v) is 11.9. The topological polar surface area (TPSA) is 12.4 Å². The summed E-state index contributed by atoms with van der Waals surface area (Å²) in [4.78, 5) is 4.00. The van der Waals surface area contributed by atoms with E-state index in [0.29, 0.717) is 16.8 Å². The summed E-state index contributed by atoms with van der Waals surface area (Å²) in [6, 6.07) is 16.0. The molecule has 0 heterocycles. The molecule has 2 rings (SSSR count). The standard InChI is InChI=1S/C18H16F3N/c1-2-9-16(18(19,20)21)22-17(14-10-5-3-6-11-14)15-12-7-4-8-13-15/h2-8,10-13,16H,1,9H2. The highest BCUT2D eigenvalue weighted by Gasteiger charge is 2.39. The van der Waals surface area contributed by atoms with Gasteiger partial charge < -0.3 is 0 Å². The van der Waals surface area contributed by atoms with Crippen LogP contribution < -0.4 is 0 Å². The van der Waals surface area contributed by atoms with Crippen molar-refractivity contribution in [3.63, 3.8) is 0 Å². The molecule has 0 saturated heterocycles. The maximum atomic E-state index is 13.1. The van der Waals surface area contributed by atoms with Gasteiger partial charge in [0.15, 0.2) is 0 Å². The van der Waals surface area contributed by atoms with Gasteiger partial charge in [0.1, 0.15) is 6.04 Å². The van der Waals surface area contributed by atoms with Crippen molar-refractivity contribution in [3.8, 4) is 0 Å². The zero-order valence-electron chi connectivity index (χ0n) is 11.9. The van der Waals surface area contributed by atoms with Crippen LogP contribution in [0.5, 0.6) is 0 Å². The van der Waals surface area contributed by atoms with Crippen molar-refractivity contribution in [2.45, 2.75) is 18.6 Å². The lowest BCUT2D eigenvalue weighted by Gasteiger charge is -2.17. The van der Waals surface area contributed by atoms with Gasteiger partial charge in [-0.1, -0.05) is 66.7 Å². The maximum absolute atomic E-state index is 13.1. The highest BCUT2D eigenvalue weighted by Crippen LogP contribution is 2.27. The van der Waals surface area contributed by atoms with Gasteiger partial charge in [-0.3, -0.25) is 4.99 Å². The van der Waals surface area contributed by atoms with E-state index >= 15 is 0 Å². The molecule has 0 spiro atoms. The summed E-state index contributed by atoms with van der Waals surface area (Å²) >= 11 is 0. The summed E-state index contributed by atoms with van der Waals surface area (Å²) in [7, 11) is 0. The molecule has 1 atom stereocenters. The van der Waals surface area contributed by atoms with E-state index < -0.39 is 12.2 Å². The second-order valence-corrected chi connectivity index (χ2v) is 4.79. The van der Waals surface area contributed by atoms with Crippen molar-refractivity contribution in [2.75, 3.05) is 0 Å². The van der Waals surface area contributed by atoms with E-state index in [1.165, 1.54) is 6.08 Å². The first kappa shape index (κ1) is 16.0. The number of halogens is 3. The van der Waals surface area contributed by atoms with Crippen LogP contribution in [0.15, 0.2) is 78.3 Å². The van der Waals surface area contributed by atoms with Gasteiger partial charge in [0.2, 0.25) is 0 Å². The molecule has 2 aromatic rings. The Kier molecular flexibility index (Phi) is 5.15. The Hall–Kier alpha value is -2.36. The summed E-state index contributed by atoms with van der Waals surface area (Å²) in [6.45, 7) is 3.40. The quantitative estimate of drug-likeness (QED) is 0.542. The highest BCUT2D eigenvalue weighted by atomic mass is 19.4. The average Bonchev–Trinajstić information content (AvgIpc) is 2.52. The first-order valence-electron chi connectivity index (χ1n) is 6.88. The zero-order chi connectivity index (χ0) is 16.0. The van der Waals surface area contributed by atoms with E-state index in [4.69, 9.17) is 0 Å². The summed E-state index contributed by atoms with van der Waals surface area (Å²) < 4.78 is 39.4. The van der Waals surface area contributed by atoms with Gasteiger partial charge in [0, 0.05) is 11.1 Å². The summed E-state index contributed by atoms with van der Waals surface area (Å²) in [5.74, 6) is 0. The van der Waals surface area contributed by atoms with E-state index in [-0.39, 0.29) is 6.42 Å². The van der Waals surface area contributed by atoms with E-state index in [0.717, 1.165) is 0 Å². The number of nitrogens with zero attached hydrogens (tertiary/aromatic N) is 1. The van der Waals surface area contributed by atoms with Crippen molar-refractivity contribution >= 4 is 5.71 Å². The number of rotatable bonds is 5. The van der Waals surface area contributed by atoms with Crippen LogP contribution in [0, 0.1) is 0 Å². The third-order valence-corrected chi connectivity index (χ3v) is 3.15. The SMILES string of the molecule is C=CCC(N=C(c1ccccc1)c1ccccc1)C(F)(F)F. The second-order valence-electron chi connectivity index (χ2n) is 4.79. The van der Waals surface area contributed by atoms with Gasteiger partial charge in [-0.05, 0) is 6.42 Å². The Morgan fingerprint density at radius 3 is 1.77 bits per heavy atom. The lowest BCUT2D eigenvalue weighted by Crippen LogP contribution is -2.28. The molecule has 1 nitrogen and oxygen atoms in total. The lowest BCUT2D eigenvalue weighted by molar-refractivity contribution is -0.145. The molecule has 0 bridgehead atoms. The van der Waals surface area contributed by atoms with Gasteiger partial charge in [-0.2, -0.15) is 13.2 Å². The molecule has 2 aromatic carbocycles. The fourth-order valence-electron chi connectivity index (χ4n) is 2.08. The van der Waals surface area contributed by atoms with Crippen molar-refractivity contribution in [1.29, 1.82) is 0 Å². The Balaban J connectivity index is 2.53. The second kappa shape index (κ2) is 7.07. The van der Waals surface area contributed by atoms with Crippen LogP contribution in [-0.4, -0.2) is 17.9 Å². The van der Waals surface area contributed by atoms with Crippen LogP contribution in [0.1, 0.15) is 17.5 Å². The fourth-order valence-corrected chi connectivity index (χ4v) is 2.08. The molecule has 1 unspecified atom stereocenters. The minimum absolute atomic E-state index is 0.243. The smallest absolute Gasteiger partial charge is 0.271 e. The predicted octanol–water partition coefficient (Wildman–Crippen LogP) is 5.03. The highest BCUT2D eigenvalue weighted by molar-refractivity contribution is 6.13. The van der Waals surface area contributed by atoms with Crippen LogP contribution in [-0.2, 0) is 0 Å². The van der Waals surface area contributed by atoms with Crippen molar-refractivity contribution in [1.82, 2.24) is 0 Å². The number of benzene rings is 2. The lowest BCUT2D eigenvalue weighted by atomic mass is 10.0. The Morgan fingerprint density at radius 2 is 1.41 bits per heavy atom. The van der Waals surface area contributed by atoms with Crippen molar-refractivity contribution in [3.05, 3.63) is 84.4 Å². The molecular formula is C18H16F3N. The monoisotopic (exact) mass is 303 g/mol. The molecule has 0 N–H and O–H groups in total. The van der Waals surface area contributed by atoms with Gasteiger partial charge in [-0.25, -0.2) is 0 Å². The molecule has 0 saturated carbocycles. The predicted molar refractivity (Wildman–Crippen MR) is 83.2 cm³/mol. The van der Waals surface area contributed by atoms with Crippen LogP contribution in [0.25, 0.3) is 0 Å². The minimum Gasteiger partial charge on any atom is -0.271 e. The van der Waals surface area contributed by atoms with Crippen LogP contribution in [0.4, 0.5) is 13.2 Å². The summed E-state index contributed by atoms with van der Waals surface area (Å²) in [6.07, 6.45) is -3.40. The Morgan fingerprint density at radius 1 is 0.955 bits per heavy atom. The molecule has 0 aromatic heterocycles.